The van der Waals surface area contributed by atoms with E-state index < -0.39 is 11.6 Å². The molecule has 5 aromatic rings. The van der Waals surface area contributed by atoms with E-state index in [-0.39, 0.29) is 37.3 Å². The van der Waals surface area contributed by atoms with Crippen molar-refractivity contribution in [2.24, 2.45) is 0 Å². The molecule has 4 nitrogen and oxygen atoms in total. The van der Waals surface area contributed by atoms with Crippen molar-refractivity contribution in [3.63, 3.8) is 0 Å². The zero-order valence-corrected chi connectivity index (χ0v) is 32.3. The van der Waals surface area contributed by atoms with E-state index in [1.807, 2.05) is 42.6 Å². The number of aryl methyl sites for hydroxylation is 2. The number of benzene rings is 3. The van der Waals surface area contributed by atoms with E-state index in [2.05, 4.69) is 105 Å². The number of aromatic nitrogens is 2. The smallest absolute Gasteiger partial charge is 0.155 e. The molecule has 0 saturated carbocycles. The summed E-state index contributed by atoms with van der Waals surface area (Å²) in [6.45, 7) is 24.2. The maximum Gasteiger partial charge on any atom is 0.155 e. The topological polar surface area (TPSA) is 49.2 Å². The van der Waals surface area contributed by atoms with Gasteiger partial charge < -0.3 is 10.0 Å². The first-order valence-corrected chi connectivity index (χ1v) is 16.3. The Balaban J connectivity index is 0.00000520. The molecule has 1 N–H and O–H groups in total. The van der Waals surface area contributed by atoms with Crippen LogP contribution in [0, 0.1) is 25.7 Å². The molecule has 0 radical (unpaired) electrons. The summed E-state index contributed by atoms with van der Waals surface area (Å²) in [5.41, 5.74) is 9.84. The summed E-state index contributed by atoms with van der Waals surface area (Å²) in [6.07, 6.45) is 1.97. The fourth-order valence-electron chi connectivity index (χ4n) is 5.91. The number of halogens is 1. The number of hydrogen-bond donors (Lipinski definition) is 1. The van der Waals surface area contributed by atoms with Gasteiger partial charge in [0, 0.05) is 27.3 Å². The number of aromatic hydroxyl groups is 1. The molecule has 0 amide bonds. The fraction of sp³-hybridized carbons (Fsp3) is 0.333. The van der Waals surface area contributed by atoms with E-state index >= 15 is 0 Å². The molecule has 48 heavy (non-hydrogen) atoms. The molecule has 0 aliphatic carbocycles. The van der Waals surface area contributed by atoms with Crippen LogP contribution in [0.1, 0.15) is 90.1 Å². The van der Waals surface area contributed by atoms with Crippen molar-refractivity contribution in [3.8, 4) is 28.3 Å². The van der Waals surface area contributed by atoms with E-state index in [9.17, 15) is 9.50 Å². The van der Waals surface area contributed by atoms with Crippen molar-refractivity contribution >= 4 is 17.2 Å². The third-order valence-electron chi connectivity index (χ3n) is 8.65. The van der Waals surface area contributed by atoms with Gasteiger partial charge in [-0.1, -0.05) is 104 Å². The normalized spacial score (nSPS) is 12.1. The van der Waals surface area contributed by atoms with Crippen LogP contribution in [0.25, 0.3) is 22.5 Å². The Morgan fingerprint density at radius 3 is 1.94 bits per heavy atom. The first-order chi connectivity index (χ1) is 21.9. The predicted molar refractivity (Wildman–Crippen MR) is 194 cm³/mol. The maximum atomic E-state index is 14.4. The molecule has 254 valence electrons. The van der Waals surface area contributed by atoms with Gasteiger partial charge in [0.1, 0.15) is 11.6 Å². The molecule has 0 spiro atoms. The Morgan fingerprint density at radius 1 is 0.729 bits per heavy atom. The van der Waals surface area contributed by atoms with Gasteiger partial charge in [-0.3, -0.25) is 4.98 Å². The SMILES string of the molecule is Cc1cc(C(C)(C)C)cc(C)c1N(c1[c-]c(-c2cccc(F)c2O)ccc1)c1cccc(-c2ncc(C(C)(C)C)cc2C(C)(C)C)n1.[Pt]. The Morgan fingerprint density at radius 2 is 1.33 bits per heavy atom. The summed E-state index contributed by atoms with van der Waals surface area (Å²) < 4.78 is 14.4. The van der Waals surface area contributed by atoms with Crippen LogP contribution in [-0.4, -0.2) is 15.1 Å². The molecule has 6 heteroatoms. The van der Waals surface area contributed by atoms with E-state index in [0.717, 1.165) is 39.5 Å². The zero-order valence-electron chi connectivity index (χ0n) is 30.0. The van der Waals surface area contributed by atoms with Crippen LogP contribution < -0.4 is 4.90 Å². The summed E-state index contributed by atoms with van der Waals surface area (Å²) in [5, 5.41) is 10.6. The second-order valence-corrected chi connectivity index (χ2v) is 15.6. The average Bonchev–Trinajstić information content (AvgIpc) is 2.98. The predicted octanol–water partition coefficient (Wildman–Crippen LogP) is 11.4. The molecule has 0 aliphatic rings. The molecular weight excluding hydrogens is 777 g/mol. The minimum atomic E-state index is -0.670. The molecule has 0 fully saturated rings. The van der Waals surface area contributed by atoms with Gasteiger partial charge in [-0.25, -0.2) is 9.37 Å². The number of hydrogen-bond acceptors (Lipinski definition) is 4. The van der Waals surface area contributed by atoms with Crippen molar-refractivity contribution < 1.29 is 30.6 Å². The summed E-state index contributed by atoms with van der Waals surface area (Å²) >= 11 is 0. The first-order valence-electron chi connectivity index (χ1n) is 16.3. The van der Waals surface area contributed by atoms with Gasteiger partial charge in [0.05, 0.1) is 17.1 Å². The molecule has 0 bridgehead atoms. The van der Waals surface area contributed by atoms with Crippen molar-refractivity contribution in [1.29, 1.82) is 0 Å². The Bertz CT molecular complexity index is 1920. The van der Waals surface area contributed by atoms with E-state index in [0.29, 0.717) is 16.9 Å². The van der Waals surface area contributed by atoms with Gasteiger partial charge in [-0.15, -0.1) is 29.8 Å². The third kappa shape index (κ3) is 7.57. The van der Waals surface area contributed by atoms with Gasteiger partial charge in [0.2, 0.25) is 0 Å². The Kier molecular flexibility index (Phi) is 10.5. The van der Waals surface area contributed by atoms with Crippen LogP contribution in [0.3, 0.4) is 0 Å². The van der Waals surface area contributed by atoms with Crippen LogP contribution >= 0.6 is 0 Å². The minimum Gasteiger partial charge on any atom is -0.514 e. The summed E-state index contributed by atoms with van der Waals surface area (Å²) in [7, 11) is 0. The fourth-order valence-corrected chi connectivity index (χ4v) is 5.91. The number of anilines is 3. The van der Waals surface area contributed by atoms with Gasteiger partial charge in [-0.05, 0) is 81.8 Å². The summed E-state index contributed by atoms with van der Waals surface area (Å²) in [4.78, 5) is 12.4. The maximum absolute atomic E-state index is 14.4. The van der Waals surface area contributed by atoms with Gasteiger partial charge in [0.25, 0.3) is 0 Å². The molecule has 0 unspecified atom stereocenters. The van der Waals surface area contributed by atoms with E-state index in [4.69, 9.17) is 9.97 Å². The zero-order chi connectivity index (χ0) is 34.5. The molecule has 0 saturated heterocycles. The Hall–Kier alpha value is -3.82. The third-order valence-corrected chi connectivity index (χ3v) is 8.65. The standard InChI is InChI=1S/C42H47FN3O.Pt/c1-26-21-29(40(3,4)5)22-27(2)38(26)46(31-16-12-15-28(23-31)32-17-13-18-34(43)39(32)47)36-20-14-19-35(45-36)37-33(42(9,10)11)24-30(25-44-37)41(6,7)8;/h12-22,24-25,47H,1-11H3;/q-1;. The number of para-hydroxylation sites is 1. The Labute approximate surface area is 300 Å². The van der Waals surface area contributed by atoms with Crippen LogP contribution in [0.5, 0.6) is 5.75 Å². The minimum absolute atomic E-state index is 0. The quantitative estimate of drug-likeness (QED) is 0.179. The molecular formula is C42H47FN3OPt-. The second kappa shape index (κ2) is 13.6. The summed E-state index contributed by atoms with van der Waals surface area (Å²) in [5.74, 6) is -0.360. The van der Waals surface area contributed by atoms with Gasteiger partial charge in [-0.2, -0.15) is 0 Å². The molecule has 3 aromatic carbocycles. The number of pyridine rings is 2. The van der Waals surface area contributed by atoms with Crippen LogP contribution in [0.2, 0.25) is 0 Å². The van der Waals surface area contributed by atoms with E-state index in [1.165, 1.54) is 17.2 Å². The van der Waals surface area contributed by atoms with Gasteiger partial charge >= 0.3 is 0 Å². The molecule has 2 aromatic heterocycles. The number of phenolic OH excluding ortho intramolecular Hbond substituents is 1. The van der Waals surface area contributed by atoms with Crippen molar-refractivity contribution in [2.75, 3.05) is 4.90 Å². The van der Waals surface area contributed by atoms with Crippen molar-refractivity contribution in [3.05, 3.63) is 119 Å². The van der Waals surface area contributed by atoms with Crippen LogP contribution in [-0.2, 0) is 37.3 Å². The number of phenols is 1. The molecule has 0 aliphatic heterocycles. The first kappa shape index (κ1) is 37.0. The van der Waals surface area contributed by atoms with Gasteiger partial charge in [0.15, 0.2) is 5.82 Å². The molecule has 2 heterocycles. The monoisotopic (exact) mass is 823 g/mol. The van der Waals surface area contributed by atoms with Crippen LogP contribution in [0.4, 0.5) is 21.6 Å². The van der Waals surface area contributed by atoms with Crippen LogP contribution in [0.15, 0.2) is 79.0 Å². The largest absolute Gasteiger partial charge is 0.514 e. The summed E-state index contributed by atoms with van der Waals surface area (Å²) in [6, 6.07) is 26.5. The van der Waals surface area contributed by atoms with Crippen molar-refractivity contribution in [2.45, 2.75) is 92.4 Å². The molecule has 0 atom stereocenters. The van der Waals surface area contributed by atoms with Crippen molar-refractivity contribution in [1.82, 2.24) is 9.97 Å². The average molecular weight is 824 g/mol. The second-order valence-electron chi connectivity index (χ2n) is 15.6. The molecule has 5 rings (SSSR count). The van der Waals surface area contributed by atoms with E-state index in [1.54, 1.807) is 12.1 Å². The number of rotatable bonds is 5. The number of nitrogens with zero attached hydrogens (tertiary/aromatic N) is 3.